The molecule has 0 aliphatic carbocycles. The van der Waals surface area contributed by atoms with E-state index in [1.165, 1.54) is 10.6 Å². The van der Waals surface area contributed by atoms with Crippen molar-refractivity contribution in [3.05, 3.63) is 83.9 Å². The van der Waals surface area contributed by atoms with Crippen LogP contribution in [0.4, 0.5) is 5.13 Å². The highest BCUT2D eigenvalue weighted by atomic mass is 35.5. The molecule has 0 fully saturated rings. The Balaban J connectivity index is 1.73. The van der Waals surface area contributed by atoms with Gasteiger partial charge < -0.3 is 5.09 Å². The molecule has 0 saturated heterocycles. The summed E-state index contributed by atoms with van der Waals surface area (Å²) in [6.07, 6.45) is 0. The predicted octanol–water partition coefficient (Wildman–Crippen LogP) is 5.41. The molecule has 0 saturated carbocycles. The van der Waals surface area contributed by atoms with Gasteiger partial charge in [-0.25, -0.2) is 4.98 Å². The molecule has 1 aromatic heterocycles. The van der Waals surface area contributed by atoms with Crippen molar-refractivity contribution in [1.82, 2.24) is 4.98 Å². The molecule has 4 rings (SSSR count). The van der Waals surface area contributed by atoms with E-state index < -0.39 is 8.07 Å². The molecule has 5 heteroatoms. The van der Waals surface area contributed by atoms with Crippen molar-refractivity contribution in [2.75, 3.05) is 5.09 Å². The SMILES string of the molecule is Clc1ccc2nc(NP(c3ccccc3)c3ccccc3)sc2c1. The van der Waals surface area contributed by atoms with Crippen LogP contribution in [0.25, 0.3) is 10.2 Å². The van der Waals surface area contributed by atoms with Gasteiger partial charge in [-0.3, -0.25) is 0 Å². The molecule has 0 amide bonds. The van der Waals surface area contributed by atoms with Crippen LogP contribution in [0.15, 0.2) is 78.9 Å². The topological polar surface area (TPSA) is 24.9 Å². The van der Waals surface area contributed by atoms with Gasteiger partial charge in [0.1, 0.15) is 0 Å². The lowest BCUT2D eigenvalue weighted by Crippen LogP contribution is -2.16. The summed E-state index contributed by atoms with van der Waals surface area (Å²) in [4.78, 5) is 4.71. The van der Waals surface area contributed by atoms with Crippen LogP contribution in [0.1, 0.15) is 0 Å². The smallest absolute Gasteiger partial charge is 0.187 e. The molecule has 1 N–H and O–H groups in total. The summed E-state index contributed by atoms with van der Waals surface area (Å²) < 4.78 is 1.10. The Morgan fingerprint density at radius 3 is 2.08 bits per heavy atom. The van der Waals surface area contributed by atoms with E-state index in [9.17, 15) is 0 Å². The van der Waals surface area contributed by atoms with Crippen molar-refractivity contribution >= 4 is 57.0 Å². The van der Waals surface area contributed by atoms with Crippen molar-refractivity contribution < 1.29 is 0 Å². The number of aromatic nitrogens is 1. The summed E-state index contributed by atoms with van der Waals surface area (Å²) in [6.45, 7) is 0. The van der Waals surface area contributed by atoms with Gasteiger partial charge >= 0.3 is 0 Å². The zero-order chi connectivity index (χ0) is 16.4. The van der Waals surface area contributed by atoms with E-state index >= 15 is 0 Å². The van der Waals surface area contributed by atoms with Gasteiger partial charge in [0.05, 0.1) is 18.3 Å². The lowest BCUT2D eigenvalue weighted by molar-refractivity contribution is 1.49. The summed E-state index contributed by atoms with van der Waals surface area (Å²) in [5, 5.41) is 7.86. The molecular formula is C19H14ClN2PS. The van der Waals surface area contributed by atoms with E-state index in [0.29, 0.717) is 0 Å². The van der Waals surface area contributed by atoms with Crippen LogP contribution in [-0.2, 0) is 0 Å². The number of fused-ring (bicyclic) bond motifs is 1. The van der Waals surface area contributed by atoms with Crippen LogP contribution in [0.3, 0.4) is 0 Å². The number of hydrogen-bond donors (Lipinski definition) is 1. The molecule has 0 spiro atoms. The number of thiazole rings is 1. The van der Waals surface area contributed by atoms with Gasteiger partial charge in [0.2, 0.25) is 0 Å². The molecule has 0 atom stereocenters. The first kappa shape index (κ1) is 15.6. The Kier molecular flexibility index (Phi) is 4.48. The zero-order valence-corrected chi connectivity index (χ0v) is 15.2. The number of nitrogens with zero attached hydrogens (tertiary/aromatic N) is 1. The summed E-state index contributed by atoms with van der Waals surface area (Å²) in [5.41, 5.74) is 0.975. The molecular weight excluding hydrogens is 355 g/mol. The van der Waals surface area contributed by atoms with E-state index in [-0.39, 0.29) is 0 Å². The highest BCUT2D eigenvalue weighted by molar-refractivity contribution is 7.74. The van der Waals surface area contributed by atoms with Crippen LogP contribution in [0.5, 0.6) is 0 Å². The first-order valence-corrected chi connectivity index (χ1v) is 10.1. The van der Waals surface area contributed by atoms with Crippen molar-refractivity contribution in [3.63, 3.8) is 0 Å². The molecule has 1 heterocycles. The fourth-order valence-corrected chi connectivity index (χ4v) is 5.66. The Morgan fingerprint density at radius 1 is 0.833 bits per heavy atom. The first-order valence-electron chi connectivity index (χ1n) is 7.52. The molecule has 0 aliphatic rings. The van der Waals surface area contributed by atoms with Gasteiger partial charge in [0, 0.05) is 15.6 Å². The second kappa shape index (κ2) is 6.90. The zero-order valence-electron chi connectivity index (χ0n) is 12.7. The molecule has 0 bridgehead atoms. The molecule has 4 aromatic rings. The summed E-state index contributed by atoms with van der Waals surface area (Å²) in [6, 6.07) is 26.9. The maximum Gasteiger partial charge on any atom is 0.187 e. The average Bonchev–Trinajstić information content (AvgIpc) is 3.03. The Morgan fingerprint density at radius 2 is 1.46 bits per heavy atom. The van der Waals surface area contributed by atoms with Crippen LogP contribution >= 0.6 is 31.0 Å². The monoisotopic (exact) mass is 368 g/mol. The highest BCUT2D eigenvalue weighted by Gasteiger charge is 2.16. The van der Waals surface area contributed by atoms with Crippen LogP contribution in [-0.4, -0.2) is 4.98 Å². The maximum atomic E-state index is 6.09. The third-order valence-electron chi connectivity index (χ3n) is 3.59. The molecule has 24 heavy (non-hydrogen) atoms. The number of halogens is 1. The molecule has 2 nitrogen and oxygen atoms in total. The fraction of sp³-hybridized carbons (Fsp3) is 0. The van der Waals surface area contributed by atoms with E-state index in [1.54, 1.807) is 11.3 Å². The lowest BCUT2D eigenvalue weighted by atomic mass is 10.3. The predicted molar refractivity (Wildman–Crippen MR) is 107 cm³/mol. The number of rotatable bonds is 4. The number of nitrogens with one attached hydrogen (secondary N) is 1. The average molecular weight is 369 g/mol. The van der Waals surface area contributed by atoms with Gasteiger partial charge in [-0.2, -0.15) is 0 Å². The van der Waals surface area contributed by atoms with Gasteiger partial charge in [0.15, 0.2) is 5.13 Å². The lowest BCUT2D eigenvalue weighted by Gasteiger charge is -2.18. The van der Waals surface area contributed by atoms with Crippen LogP contribution in [0.2, 0.25) is 5.02 Å². The summed E-state index contributed by atoms with van der Waals surface area (Å²) in [7, 11) is -0.707. The highest BCUT2D eigenvalue weighted by Crippen LogP contribution is 2.38. The van der Waals surface area contributed by atoms with Crippen LogP contribution < -0.4 is 15.7 Å². The first-order chi connectivity index (χ1) is 11.8. The van der Waals surface area contributed by atoms with Crippen LogP contribution in [0, 0.1) is 0 Å². The molecule has 0 radical (unpaired) electrons. The van der Waals surface area contributed by atoms with E-state index in [1.807, 2.05) is 30.3 Å². The normalized spacial score (nSPS) is 11.1. The molecule has 0 unspecified atom stereocenters. The second-order valence-corrected chi connectivity index (χ2v) is 8.64. The van der Waals surface area contributed by atoms with Crippen molar-refractivity contribution in [1.29, 1.82) is 0 Å². The third kappa shape index (κ3) is 3.29. The maximum absolute atomic E-state index is 6.09. The molecule has 3 aromatic carbocycles. The van der Waals surface area contributed by atoms with Gasteiger partial charge in [0.25, 0.3) is 0 Å². The van der Waals surface area contributed by atoms with Gasteiger partial charge in [-0.1, -0.05) is 83.6 Å². The summed E-state index contributed by atoms with van der Waals surface area (Å²) >= 11 is 7.73. The minimum atomic E-state index is -0.707. The minimum Gasteiger partial charge on any atom is -0.333 e. The number of hydrogen-bond acceptors (Lipinski definition) is 3. The Hall–Kier alpha value is -1.93. The number of anilines is 1. The second-order valence-electron chi connectivity index (χ2n) is 5.25. The minimum absolute atomic E-state index is 0.707. The quantitative estimate of drug-likeness (QED) is 0.487. The summed E-state index contributed by atoms with van der Waals surface area (Å²) in [5.74, 6) is 0. The molecule has 0 aliphatic heterocycles. The largest absolute Gasteiger partial charge is 0.333 e. The fourth-order valence-electron chi connectivity index (χ4n) is 2.47. The van der Waals surface area contributed by atoms with Crippen molar-refractivity contribution in [2.45, 2.75) is 0 Å². The van der Waals surface area contributed by atoms with Gasteiger partial charge in [-0.05, 0) is 18.2 Å². The van der Waals surface area contributed by atoms with Gasteiger partial charge in [-0.15, -0.1) is 0 Å². The van der Waals surface area contributed by atoms with E-state index in [2.05, 4.69) is 53.6 Å². The number of benzene rings is 3. The standard InChI is InChI=1S/C19H14ClN2PS/c20-14-11-12-17-18(13-14)24-19(21-17)22-23(15-7-3-1-4-8-15)16-9-5-2-6-10-16/h1-13H,(H,21,22). The van der Waals surface area contributed by atoms with Crippen molar-refractivity contribution in [2.24, 2.45) is 0 Å². The Bertz CT molecular complexity index is 917. The van der Waals surface area contributed by atoms with E-state index in [0.717, 1.165) is 20.4 Å². The van der Waals surface area contributed by atoms with Crippen molar-refractivity contribution in [3.8, 4) is 0 Å². The Labute approximate surface area is 150 Å². The van der Waals surface area contributed by atoms with E-state index in [4.69, 9.17) is 16.6 Å². The third-order valence-corrected chi connectivity index (χ3v) is 6.97. The molecule has 118 valence electrons.